The molecule has 5 rings (SSSR count). The Morgan fingerprint density at radius 1 is 0.907 bits per heavy atom. The first-order valence-electron chi connectivity index (χ1n) is 14.5. The van der Waals surface area contributed by atoms with Gasteiger partial charge in [0.1, 0.15) is 5.82 Å². The summed E-state index contributed by atoms with van der Waals surface area (Å²) in [5.41, 5.74) is 0.551. The number of hydrogen-bond donors (Lipinski definition) is 2. The Balaban J connectivity index is 1.51. The lowest BCUT2D eigenvalue weighted by molar-refractivity contribution is -0.138. The van der Waals surface area contributed by atoms with Crippen LogP contribution in [0.1, 0.15) is 66.8 Å². The third-order valence-electron chi connectivity index (χ3n) is 8.52. The van der Waals surface area contributed by atoms with Gasteiger partial charge in [-0.05, 0) is 87.1 Å². The van der Waals surface area contributed by atoms with E-state index in [9.17, 15) is 30.8 Å². The molecule has 43 heavy (non-hydrogen) atoms. The monoisotopic (exact) mass is 617 g/mol. The van der Waals surface area contributed by atoms with Gasteiger partial charge in [-0.3, -0.25) is 4.79 Å². The summed E-state index contributed by atoms with van der Waals surface area (Å²) in [6, 6.07) is 14.1. The molecule has 6 nitrogen and oxygen atoms in total. The molecule has 1 saturated carbocycles. The summed E-state index contributed by atoms with van der Waals surface area (Å²) in [6.07, 6.45) is 0.510. The molecule has 2 N–H and O–H groups in total. The van der Waals surface area contributed by atoms with E-state index in [1.807, 2.05) is 12.1 Å². The van der Waals surface area contributed by atoms with Gasteiger partial charge in [0.05, 0.1) is 22.4 Å². The smallest absolute Gasteiger partial charge is 0.382 e. The van der Waals surface area contributed by atoms with E-state index in [1.54, 1.807) is 12.1 Å². The number of rotatable bonds is 7. The van der Waals surface area contributed by atoms with Crippen LogP contribution in [0.4, 0.5) is 28.9 Å². The second-order valence-electron chi connectivity index (χ2n) is 11.4. The third-order valence-corrected chi connectivity index (χ3v) is 10.5. The second kappa shape index (κ2) is 12.3. The molecule has 1 saturated heterocycles. The Kier molecular flexibility index (Phi) is 8.85. The first-order chi connectivity index (χ1) is 20.4. The highest BCUT2D eigenvalue weighted by molar-refractivity contribution is 7.89. The highest BCUT2D eigenvalue weighted by Gasteiger charge is 2.44. The van der Waals surface area contributed by atoms with Gasteiger partial charge in [0.25, 0.3) is 0 Å². The molecule has 0 radical (unpaired) electrons. The van der Waals surface area contributed by atoms with Crippen LogP contribution < -0.4 is 10.6 Å². The van der Waals surface area contributed by atoms with Crippen molar-refractivity contribution in [1.29, 1.82) is 0 Å². The second-order valence-corrected chi connectivity index (χ2v) is 13.3. The van der Waals surface area contributed by atoms with Crippen molar-refractivity contribution < 1.29 is 30.8 Å². The van der Waals surface area contributed by atoms with E-state index >= 15 is 0 Å². The molecule has 0 bridgehead atoms. The Morgan fingerprint density at radius 2 is 1.58 bits per heavy atom. The summed E-state index contributed by atoms with van der Waals surface area (Å²) >= 11 is 0. The van der Waals surface area contributed by atoms with Gasteiger partial charge in [0, 0.05) is 29.5 Å². The number of nitrogens with one attached hydrogen (secondary N) is 2. The predicted molar refractivity (Wildman–Crippen MR) is 158 cm³/mol. The van der Waals surface area contributed by atoms with E-state index in [1.165, 1.54) is 48.5 Å². The van der Waals surface area contributed by atoms with Gasteiger partial charge in [-0.25, -0.2) is 12.8 Å². The van der Waals surface area contributed by atoms with Crippen LogP contribution in [-0.2, 0) is 21.0 Å². The number of carbonyl (C=O) groups is 1. The maximum absolute atomic E-state index is 14.5. The van der Waals surface area contributed by atoms with Crippen molar-refractivity contribution in [3.05, 3.63) is 88.7 Å². The fraction of sp³-hybridized carbons (Fsp3) is 0.406. The van der Waals surface area contributed by atoms with Crippen molar-refractivity contribution in [3.63, 3.8) is 0 Å². The van der Waals surface area contributed by atoms with E-state index in [0.717, 1.165) is 37.4 Å². The molecule has 2 aliphatic rings. The molecular formula is C32H35F4N3O3S. The molecule has 11 heteroatoms. The summed E-state index contributed by atoms with van der Waals surface area (Å²) in [5.74, 6) is -2.17. The van der Waals surface area contributed by atoms with E-state index in [2.05, 4.69) is 10.6 Å². The zero-order chi connectivity index (χ0) is 30.9. The lowest BCUT2D eigenvalue weighted by Crippen LogP contribution is -2.46. The number of amides is 1. The van der Waals surface area contributed by atoms with Crippen LogP contribution in [0.25, 0.3) is 0 Å². The van der Waals surface area contributed by atoms with E-state index in [0.29, 0.717) is 24.4 Å². The predicted octanol–water partition coefficient (Wildman–Crippen LogP) is 7.60. The van der Waals surface area contributed by atoms with Gasteiger partial charge >= 0.3 is 6.18 Å². The molecular weight excluding hydrogens is 582 g/mol. The summed E-state index contributed by atoms with van der Waals surface area (Å²) in [5, 5.41) is 6.11. The van der Waals surface area contributed by atoms with Crippen molar-refractivity contribution in [2.75, 3.05) is 17.2 Å². The number of halogens is 4. The van der Waals surface area contributed by atoms with Crippen LogP contribution in [0.2, 0.25) is 0 Å². The molecule has 3 aromatic rings. The number of nitrogens with zero attached hydrogens (tertiary/aromatic N) is 1. The lowest BCUT2D eigenvalue weighted by atomic mass is 9.85. The van der Waals surface area contributed by atoms with E-state index in [-0.39, 0.29) is 28.3 Å². The van der Waals surface area contributed by atoms with Crippen LogP contribution in [0.5, 0.6) is 0 Å². The third kappa shape index (κ3) is 6.57. The molecule has 0 aromatic heterocycles. The first-order valence-corrected chi connectivity index (χ1v) is 15.9. The summed E-state index contributed by atoms with van der Waals surface area (Å²) in [4.78, 5) is 13.5. The van der Waals surface area contributed by atoms with Crippen LogP contribution in [0.15, 0.2) is 65.6 Å². The minimum absolute atomic E-state index is 0.0232. The quantitative estimate of drug-likeness (QED) is 0.268. The minimum atomic E-state index is -4.60. The standard InChI is InChI=1S/C32H35F4N3O3S/c1-20-12-15-25(19-27(20)32(34,35)36)38-31(40)26-9-6-18-39(43(41,42)29-11-5-10-28(33)21(29)2)30(26)22-13-16-24(17-14-22)37-23-7-3-4-8-23/h5,10-17,19,23,26,30,37H,3-4,6-9,18H2,1-2H3,(H,38,40)/t26-,30-/m0/s1. The number of anilines is 2. The molecule has 2 atom stereocenters. The van der Waals surface area contributed by atoms with Crippen LogP contribution in [0.3, 0.4) is 0 Å². The molecule has 0 spiro atoms. The van der Waals surface area contributed by atoms with Gasteiger partial charge in [-0.15, -0.1) is 0 Å². The first kappa shape index (κ1) is 31.0. The molecule has 1 aliphatic carbocycles. The summed E-state index contributed by atoms with van der Waals surface area (Å²) < 4.78 is 84.5. The fourth-order valence-electron chi connectivity index (χ4n) is 6.22. The van der Waals surface area contributed by atoms with Gasteiger partial charge in [0.15, 0.2) is 0 Å². The van der Waals surface area contributed by atoms with Gasteiger partial charge in [0.2, 0.25) is 15.9 Å². The average Bonchev–Trinajstić information content (AvgIpc) is 3.48. The van der Waals surface area contributed by atoms with Gasteiger partial charge in [-0.1, -0.05) is 37.1 Å². The topological polar surface area (TPSA) is 78.5 Å². The number of carbonyl (C=O) groups excluding carboxylic acids is 1. The maximum atomic E-state index is 14.5. The molecule has 0 unspecified atom stereocenters. The molecule has 2 fully saturated rings. The highest BCUT2D eigenvalue weighted by Crippen LogP contribution is 2.42. The number of benzene rings is 3. The van der Waals surface area contributed by atoms with Crippen LogP contribution in [0, 0.1) is 25.6 Å². The fourth-order valence-corrected chi connectivity index (χ4v) is 8.15. The minimum Gasteiger partial charge on any atom is -0.382 e. The van der Waals surface area contributed by atoms with Crippen molar-refractivity contribution in [3.8, 4) is 0 Å². The Labute approximate surface area is 249 Å². The molecule has 1 amide bonds. The summed E-state index contributed by atoms with van der Waals surface area (Å²) in [7, 11) is -4.26. The SMILES string of the molecule is Cc1ccc(NC(=O)[C@H]2CCCN(S(=O)(=O)c3cccc(F)c3C)[C@H]2c2ccc(NC3CCCC3)cc2)cc1C(F)(F)F. The zero-order valence-corrected chi connectivity index (χ0v) is 24.9. The lowest BCUT2D eigenvalue weighted by Gasteiger charge is -2.40. The van der Waals surface area contributed by atoms with Crippen LogP contribution >= 0.6 is 0 Å². The summed E-state index contributed by atoms with van der Waals surface area (Å²) in [6.45, 7) is 2.83. The van der Waals surface area contributed by atoms with Crippen molar-refractivity contribution >= 4 is 27.3 Å². The van der Waals surface area contributed by atoms with E-state index in [4.69, 9.17) is 0 Å². The Morgan fingerprint density at radius 3 is 2.26 bits per heavy atom. The van der Waals surface area contributed by atoms with Crippen molar-refractivity contribution in [1.82, 2.24) is 4.31 Å². The highest BCUT2D eigenvalue weighted by atomic mass is 32.2. The van der Waals surface area contributed by atoms with Crippen molar-refractivity contribution in [2.45, 2.75) is 75.5 Å². The zero-order valence-electron chi connectivity index (χ0n) is 24.0. The largest absolute Gasteiger partial charge is 0.416 e. The Bertz CT molecular complexity index is 1590. The molecule has 1 aliphatic heterocycles. The number of hydrogen-bond acceptors (Lipinski definition) is 4. The normalized spacial score (nSPS) is 20.2. The number of aryl methyl sites for hydroxylation is 1. The number of sulfonamides is 1. The van der Waals surface area contributed by atoms with Gasteiger partial charge < -0.3 is 10.6 Å². The van der Waals surface area contributed by atoms with Crippen molar-refractivity contribution in [2.24, 2.45) is 5.92 Å². The Hall–Kier alpha value is -3.44. The number of alkyl halides is 3. The van der Waals surface area contributed by atoms with E-state index < -0.39 is 45.4 Å². The number of piperidine rings is 1. The molecule has 1 heterocycles. The molecule has 230 valence electrons. The maximum Gasteiger partial charge on any atom is 0.416 e. The molecule has 3 aromatic carbocycles. The van der Waals surface area contributed by atoms with Crippen LogP contribution in [-0.4, -0.2) is 31.2 Å². The van der Waals surface area contributed by atoms with Gasteiger partial charge in [-0.2, -0.15) is 17.5 Å². The average molecular weight is 618 g/mol.